The van der Waals surface area contributed by atoms with Crippen molar-refractivity contribution in [3.63, 3.8) is 0 Å². The lowest BCUT2D eigenvalue weighted by atomic mass is 10.0. The minimum Gasteiger partial charge on any atom is -0.493 e. The molecular weight excluding hydrogens is 436 g/mol. The van der Waals surface area contributed by atoms with Gasteiger partial charge in [0.1, 0.15) is 17.0 Å². The highest BCUT2D eigenvalue weighted by Gasteiger charge is 2.21. The van der Waals surface area contributed by atoms with Crippen LogP contribution in [-0.4, -0.2) is 43.1 Å². The molecule has 1 N–H and O–H groups in total. The number of aryl methyl sites for hydroxylation is 1. The molecule has 0 unspecified atom stereocenters. The molecule has 0 heterocycles. The lowest BCUT2D eigenvalue weighted by molar-refractivity contribution is -0.157. The Morgan fingerprint density at radius 2 is 1.62 bits per heavy atom. The minimum atomic E-state index is -0.717. The topological polar surface area (TPSA) is 83.5 Å². The Labute approximate surface area is 202 Å². The van der Waals surface area contributed by atoms with Crippen molar-refractivity contribution < 1.29 is 33.6 Å². The molecule has 0 bridgehead atoms. The Balaban J connectivity index is 2.08. The van der Waals surface area contributed by atoms with Gasteiger partial charge in [-0.1, -0.05) is 12.1 Å². The van der Waals surface area contributed by atoms with Crippen LogP contribution in [0.5, 0.6) is 23.0 Å². The number of carbonyl (C=O) groups excluding carboxylic acids is 1. The molecule has 7 heteroatoms. The Kier molecular flexibility index (Phi) is 9.21. The fourth-order valence-electron chi connectivity index (χ4n) is 3.33. The van der Waals surface area contributed by atoms with E-state index in [1.165, 1.54) is 0 Å². The number of aliphatic hydroxyl groups excluding tert-OH is 1. The molecule has 2 aromatic carbocycles. The van der Waals surface area contributed by atoms with Crippen molar-refractivity contribution in [3.8, 4) is 23.0 Å². The van der Waals surface area contributed by atoms with Gasteiger partial charge < -0.3 is 28.8 Å². The van der Waals surface area contributed by atoms with Gasteiger partial charge >= 0.3 is 5.97 Å². The van der Waals surface area contributed by atoms with E-state index in [0.29, 0.717) is 41.4 Å². The van der Waals surface area contributed by atoms with Crippen molar-refractivity contribution in [1.82, 2.24) is 0 Å². The van der Waals surface area contributed by atoms with Gasteiger partial charge in [0, 0.05) is 0 Å². The van der Waals surface area contributed by atoms with E-state index in [2.05, 4.69) is 0 Å². The van der Waals surface area contributed by atoms with Crippen molar-refractivity contribution in [2.45, 2.75) is 71.7 Å². The fraction of sp³-hybridized carbons (Fsp3) is 0.519. The van der Waals surface area contributed by atoms with Crippen LogP contribution in [-0.2, 0) is 16.0 Å². The van der Waals surface area contributed by atoms with E-state index in [4.69, 9.17) is 23.7 Å². The molecule has 0 fully saturated rings. The van der Waals surface area contributed by atoms with Crippen LogP contribution in [0.25, 0.3) is 0 Å². The summed E-state index contributed by atoms with van der Waals surface area (Å²) in [5, 5.41) is 10.8. The molecule has 0 saturated carbocycles. The van der Waals surface area contributed by atoms with Gasteiger partial charge in [-0.05, 0) is 89.8 Å². The normalized spacial score (nSPS) is 12.6. The molecule has 0 spiro atoms. The highest BCUT2D eigenvalue weighted by molar-refractivity contribution is 5.71. The maximum Gasteiger partial charge on any atom is 0.344 e. The fourth-order valence-corrected chi connectivity index (χ4v) is 3.33. The summed E-state index contributed by atoms with van der Waals surface area (Å²) in [6, 6.07) is 10.9. The van der Waals surface area contributed by atoms with Gasteiger partial charge in [0.15, 0.2) is 18.1 Å². The maximum absolute atomic E-state index is 11.9. The summed E-state index contributed by atoms with van der Waals surface area (Å²) in [6.07, 6.45) is 0.343. The number of esters is 1. The lowest BCUT2D eigenvalue weighted by Crippen LogP contribution is -2.27. The van der Waals surface area contributed by atoms with Crippen molar-refractivity contribution >= 4 is 5.97 Å². The molecule has 2 rings (SSSR count). The summed E-state index contributed by atoms with van der Waals surface area (Å²) < 4.78 is 27.9. The average molecular weight is 475 g/mol. The largest absolute Gasteiger partial charge is 0.493 e. The quantitative estimate of drug-likeness (QED) is 0.470. The number of benzene rings is 2. The zero-order chi connectivity index (χ0) is 25.5. The molecule has 0 aliphatic carbocycles. The van der Waals surface area contributed by atoms with E-state index < -0.39 is 23.3 Å². The zero-order valence-electron chi connectivity index (χ0n) is 21.6. The highest BCUT2D eigenvalue weighted by atomic mass is 16.6. The van der Waals surface area contributed by atoms with E-state index >= 15 is 0 Å². The van der Waals surface area contributed by atoms with Crippen LogP contribution in [0.2, 0.25) is 0 Å². The van der Waals surface area contributed by atoms with Crippen LogP contribution in [0.4, 0.5) is 0 Å². The summed E-state index contributed by atoms with van der Waals surface area (Å²) in [6.45, 7) is 11.1. The van der Waals surface area contributed by atoms with Gasteiger partial charge in [-0.15, -0.1) is 0 Å². The van der Waals surface area contributed by atoms with Gasteiger partial charge in [-0.3, -0.25) is 0 Å². The highest BCUT2D eigenvalue weighted by Crippen LogP contribution is 2.40. The molecule has 0 aromatic heterocycles. The molecule has 34 heavy (non-hydrogen) atoms. The molecular formula is C27H38O7. The molecule has 1 atom stereocenters. The van der Waals surface area contributed by atoms with E-state index in [9.17, 15) is 9.90 Å². The second-order valence-corrected chi connectivity index (χ2v) is 10.0. The molecule has 0 radical (unpaired) electrons. The SMILES string of the molecule is COc1cc(CC[C@@H](O)c2cccc(OCC(=O)OC(C)(C)C)c2)cc(OC(C)(C)C)c1OC. The van der Waals surface area contributed by atoms with Crippen LogP contribution in [0.1, 0.15) is 65.2 Å². The van der Waals surface area contributed by atoms with Gasteiger partial charge in [0.05, 0.1) is 20.3 Å². The maximum atomic E-state index is 11.9. The number of carbonyl (C=O) groups is 1. The summed E-state index contributed by atoms with van der Waals surface area (Å²) in [4.78, 5) is 11.9. The van der Waals surface area contributed by atoms with Crippen molar-refractivity contribution in [1.29, 1.82) is 0 Å². The number of rotatable bonds is 10. The Morgan fingerprint density at radius 3 is 2.21 bits per heavy atom. The molecule has 0 aliphatic heterocycles. The van der Waals surface area contributed by atoms with E-state index in [1.54, 1.807) is 53.2 Å². The second-order valence-electron chi connectivity index (χ2n) is 10.0. The molecule has 2 aromatic rings. The minimum absolute atomic E-state index is 0.195. The van der Waals surface area contributed by atoms with Gasteiger partial charge in [-0.25, -0.2) is 4.79 Å². The third kappa shape index (κ3) is 8.78. The number of ether oxygens (including phenoxy) is 5. The first-order valence-corrected chi connectivity index (χ1v) is 11.4. The van der Waals surface area contributed by atoms with Gasteiger partial charge in [-0.2, -0.15) is 0 Å². The summed E-state index contributed by atoms with van der Waals surface area (Å²) in [5.41, 5.74) is 0.679. The van der Waals surface area contributed by atoms with E-state index in [1.807, 2.05) is 39.0 Å². The summed E-state index contributed by atoms with van der Waals surface area (Å²) in [7, 11) is 3.16. The second kappa shape index (κ2) is 11.5. The van der Waals surface area contributed by atoms with Crippen molar-refractivity contribution in [3.05, 3.63) is 47.5 Å². The monoisotopic (exact) mass is 474 g/mol. The van der Waals surface area contributed by atoms with Gasteiger partial charge in [0.2, 0.25) is 5.75 Å². The van der Waals surface area contributed by atoms with E-state index in [-0.39, 0.29) is 6.61 Å². The summed E-state index contributed by atoms with van der Waals surface area (Å²) >= 11 is 0. The predicted octanol–water partition coefficient (Wildman–Crippen LogP) is 5.27. The first-order valence-electron chi connectivity index (χ1n) is 11.4. The zero-order valence-corrected chi connectivity index (χ0v) is 21.6. The van der Waals surface area contributed by atoms with Crippen LogP contribution in [0, 0.1) is 0 Å². The van der Waals surface area contributed by atoms with Crippen LogP contribution in [0.3, 0.4) is 0 Å². The molecule has 0 aliphatic rings. The standard InChI is InChI=1S/C27H38O7/c1-26(2,3)33-23-15-18(14-22(30-7)25(23)31-8)12-13-21(28)19-10-9-11-20(16-19)32-17-24(29)34-27(4,5)6/h9-11,14-16,21,28H,12-13,17H2,1-8H3/t21-/m1/s1. The van der Waals surface area contributed by atoms with Crippen molar-refractivity contribution in [2.24, 2.45) is 0 Å². The first-order chi connectivity index (χ1) is 15.8. The average Bonchev–Trinajstić information content (AvgIpc) is 2.73. The van der Waals surface area contributed by atoms with Crippen LogP contribution >= 0.6 is 0 Å². The first kappa shape index (κ1) is 27.3. The van der Waals surface area contributed by atoms with Crippen LogP contribution in [0.15, 0.2) is 36.4 Å². The third-order valence-corrected chi connectivity index (χ3v) is 4.65. The number of hydrogen-bond acceptors (Lipinski definition) is 7. The molecule has 7 nitrogen and oxygen atoms in total. The molecule has 188 valence electrons. The van der Waals surface area contributed by atoms with Gasteiger partial charge in [0.25, 0.3) is 0 Å². The number of hydrogen-bond donors (Lipinski definition) is 1. The third-order valence-electron chi connectivity index (χ3n) is 4.65. The lowest BCUT2D eigenvalue weighted by Gasteiger charge is -2.24. The number of aliphatic hydroxyl groups is 1. The van der Waals surface area contributed by atoms with Crippen LogP contribution < -0.4 is 18.9 Å². The summed E-state index contributed by atoms with van der Waals surface area (Å²) in [5.74, 6) is 1.76. The Hall–Kier alpha value is -2.93. The van der Waals surface area contributed by atoms with Crippen molar-refractivity contribution in [2.75, 3.05) is 20.8 Å². The molecule has 0 saturated heterocycles. The predicted molar refractivity (Wildman–Crippen MR) is 131 cm³/mol. The smallest absolute Gasteiger partial charge is 0.344 e. The Morgan fingerprint density at radius 1 is 0.941 bits per heavy atom. The Bertz CT molecular complexity index is 954. The van der Waals surface area contributed by atoms with E-state index in [0.717, 1.165) is 5.56 Å². The molecule has 0 amide bonds. The number of methoxy groups -OCH3 is 2.